The molecular formula is C10H9N5. The molecule has 0 saturated heterocycles. The molecule has 3 rings (SSSR count). The summed E-state index contributed by atoms with van der Waals surface area (Å²) >= 11 is 0. The van der Waals surface area contributed by atoms with E-state index in [1.807, 2.05) is 31.7 Å². The second-order valence-electron chi connectivity index (χ2n) is 3.41. The minimum Gasteiger partial charge on any atom is -0.275 e. The average Bonchev–Trinajstić information content (AvgIpc) is 2.82. The highest BCUT2D eigenvalue weighted by atomic mass is 15.2. The van der Waals surface area contributed by atoms with E-state index in [2.05, 4.69) is 15.2 Å². The molecule has 0 saturated carbocycles. The molecule has 3 aromatic heterocycles. The van der Waals surface area contributed by atoms with Gasteiger partial charge in [-0.25, -0.2) is 9.50 Å². The molecular weight excluding hydrogens is 190 g/mol. The first kappa shape index (κ1) is 8.16. The average molecular weight is 199 g/mol. The van der Waals surface area contributed by atoms with Crippen LogP contribution in [0.3, 0.4) is 0 Å². The molecule has 5 heteroatoms. The maximum Gasteiger partial charge on any atom is 0.136 e. The Hall–Kier alpha value is -2.17. The Morgan fingerprint density at radius 2 is 2.00 bits per heavy atom. The van der Waals surface area contributed by atoms with Gasteiger partial charge >= 0.3 is 0 Å². The third kappa shape index (κ3) is 1.28. The minimum atomic E-state index is 0.983. The Balaban J connectivity index is 2.19. The molecule has 0 atom stereocenters. The summed E-state index contributed by atoms with van der Waals surface area (Å²) in [6.45, 7) is 0. The summed E-state index contributed by atoms with van der Waals surface area (Å²) in [5.41, 5.74) is 3.17. The van der Waals surface area contributed by atoms with Gasteiger partial charge in [-0.2, -0.15) is 10.2 Å². The van der Waals surface area contributed by atoms with Crippen molar-refractivity contribution >= 4 is 5.52 Å². The number of hydrogen-bond donors (Lipinski definition) is 0. The lowest BCUT2D eigenvalue weighted by Crippen LogP contribution is -1.87. The first-order valence-electron chi connectivity index (χ1n) is 4.60. The van der Waals surface area contributed by atoms with Gasteiger partial charge in [-0.15, -0.1) is 0 Å². The highest BCUT2D eigenvalue weighted by molar-refractivity contribution is 5.68. The van der Waals surface area contributed by atoms with Crippen molar-refractivity contribution in [2.75, 3.05) is 0 Å². The first-order chi connectivity index (χ1) is 7.33. The van der Waals surface area contributed by atoms with Gasteiger partial charge < -0.3 is 0 Å². The molecule has 0 amide bonds. The fourth-order valence-electron chi connectivity index (χ4n) is 1.59. The van der Waals surface area contributed by atoms with Crippen molar-refractivity contribution in [2.24, 2.45) is 7.05 Å². The zero-order valence-corrected chi connectivity index (χ0v) is 8.20. The molecule has 0 aliphatic heterocycles. The number of aromatic nitrogens is 5. The Kier molecular flexibility index (Phi) is 1.58. The fourth-order valence-corrected chi connectivity index (χ4v) is 1.59. The third-order valence-corrected chi connectivity index (χ3v) is 2.32. The number of nitrogens with zero attached hydrogens (tertiary/aromatic N) is 5. The van der Waals surface area contributed by atoms with Crippen molar-refractivity contribution in [2.45, 2.75) is 0 Å². The lowest BCUT2D eigenvalue weighted by atomic mass is 10.2. The Bertz CT molecular complexity index is 574. The van der Waals surface area contributed by atoms with Crippen LogP contribution in [0.2, 0.25) is 0 Å². The van der Waals surface area contributed by atoms with Crippen LogP contribution in [-0.2, 0) is 7.05 Å². The molecule has 3 heterocycles. The Labute approximate surface area is 86.0 Å². The normalized spacial score (nSPS) is 11.0. The van der Waals surface area contributed by atoms with Crippen molar-refractivity contribution in [1.82, 2.24) is 24.4 Å². The fraction of sp³-hybridized carbons (Fsp3) is 0.100. The predicted octanol–water partition coefficient (Wildman–Crippen LogP) is 1.13. The van der Waals surface area contributed by atoms with Gasteiger partial charge in [0, 0.05) is 30.6 Å². The van der Waals surface area contributed by atoms with E-state index in [1.54, 1.807) is 15.4 Å². The largest absolute Gasteiger partial charge is 0.275 e. The molecule has 0 aliphatic rings. The molecule has 5 nitrogen and oxygen atoms in total. The zero-order chi connectivity index (χ0) is 10.3. The standard InChI is InChI=1S/C10H9N5/c1-14-5-9(3-12-14)8-2-10-4-11-7-13-15(10)6-8/h2-7H,1H3. The number of hydrogen-bond acceptors (Lipinski definition) is 3. The van der Waals surface area contributed by atoms with E-state index in [9.17, 15) is 0 Å². The molecule has 15 heavy (non-hydrogen) atoms. The summed E-state index contributed by atoms with van der Waals surface area (Å²) in [6.07, 6.45) is 9.09. The number of aryl methyl sites for hydroxylation is 1. The first-order valence-corrected chi connectivity index (χ1v) is 4.60. The van der Waals surface area contributed by atoms with Crippen molar-refractivity contribution in [1.29, 1.82) is 0 Å². The molecule has 0 aromatic carbocycles. The number of rotatable bonds is 1. The van der Waals surface area contributed by atoms with Crippen LogP contribution >= 0.6 is 0 Å². The SMILES string of the molecule is Cn1cc(-c2cc3cncnn3c2)cn1. The van der Waals surface area contributed by atoms with Gasteiger partial charge in [0.15, 0.2) is 0 Å². The molecule has 0 spiro atoms. The smallest absolute Gasteiger partial charge is 0.136 e. The van der Waals surface area contributed by atoms with Crippen LogP contribution in [0, 0.1) is 0 Å². The molecule has 0 radical (unpaired) electrons. The van der Waals surface area contributed by atoms with E-state index < -0.39 is 0 Å². The van der Waals surface area contributed by atoms with E-state index in [-0.39, 0.29) is 0 Å². The molecule has 0 fully saturated rings. The molecule has 0 aliphatic carbocycles. The number of fused-ring (bicyclic) bond motifs is 1. The second kappa shape index (κ2) is 2.91. The minimum absolute atomic E-state index is 0.983. The molecule has 0 unspecified atom stereocenters. The predicted molar refractivity (Wildman–Crippen MR) is 55.2 cm³/mol. The van der Waals surface area contributed by atoms with Crippen molar-refractivity contribution in [3.05, 3.63) is 37.2 Å². The van der Waals surface area contributed by atoms with Crippen molar-refractivity contribution < 1.29 is 0 Å². The third-order valence-electron chi connectivity index (χ3n) is 2.32. The van der Waals surface area contributed by atoms with Gasteiger partial charge in [-0.05, 0) is 6.07 Å². The van der Waals surface area contributed by atoms with E-state index in [1.165, 1.54) is 6.33 Å². The molecule has 0 bridgehead atoms. The summed E-state index contributed by atoms with van der Waals surface area (Å²) in [4.78, 5) is 3.97. The molecule has 3 aromatic rings. The van der Waals surface area contributed by atoms with Gasteiger partial charge in [0.1, 0.15) is 6.33 Å². The van der Waals surface area contributed by atoms with Gasteiger partial charge in [0.25, 0.3) is 0 Å². The van der Waals surface area contributed by atoms with E-state index in [0.29, 0.717) is 0 Å². The van der Waals surface area contributed by atoms with Gasteiger partial charge in [-0.3, -0.25) is 4.68 Å². The summed E-state index contributed by atoms with van der Waals surface area (Å²) < 4.78 is 3.58. The molecule has 74 valence electrons. The monoisotopic (exact) mass is 199 g/mol. The summed E-state index contributed by atoms with van der Waals surface area (Å²) in [5.74, 6) is 0. The maximum atomic E-state index is 4.13. The van der Waals surface area contributed by atoms with Crippen molar-refractivity contribution in [3.63, 3.8) is 0 Å². The Morgan fingerprint density at radius 1 is 1.07 bits per heavy atom. The van der Waals surface area contributed by atoms with Crippen LogP contribution in [0.15, 0.2) is 37.2 Å². The van der Waals surface area contributed by atoms with Crippen LogP contribution in [0.25, 0.3) is 16.6 Å². The molecule has 0 N–H and O–H groups in total. The van der Waals surface area contributed by atoms with Gasteiger partial charge in [-0.1, -0.05) is 0 Å². The van der Waals surface area contributed by atoms with Crippen LogP contribution in [-0.4, -0.2) is 24.4 Å². The summed E-state index contributed by atoms with van der Waals surface area (Å²) in [6, 6.07) is 2.04. The lowest BCUT2D eigenvalue weighted by molar-refractivity contribution is 0.768. The summed E-state index contributed by atoms with van der Waals surface area (Å²) in [7, 11) is 1.90. The highest BCUT2D eigenvalue weighted by Crippen LogP contribution is 2.20. The van der Waals surface area contributed by atoms with E-state index in [0.717, 1.165) is 16.6 Å². The van der Waals surface area contributed by atoms with Crippen LogP contribution in [0.4, 0.5) is 0 Å². The summed E-state index contributed by atoms with van der Waals surface area (Å²) in [5, 5.41) is 8.25. The highest BCUT2D eigenvalue weighted by Gasteiger charge is 2.04. The zero-order valence-electron chi connectivity index (χ0n) is 8.20. The van der Waals surface area contributed by atoms with E-state index in [4.69, 9.17) is 0 Å². The van der Waals surface area contributed by atoms with Crippen LogP contribution in [0.5, 0.6) is 0 Å². The second-order valence-corrected chi connectivity index (χ2v) is 3.41. The van der Waals surface area contributed by atoms with Crippen LogP contribution < -0.4 is 0 Å². The van der Waals surface area contributed by atoms with Gasteiger partial charge in [0.2, 0.25) is 0 Å². The maximum absolute atomic E-state index is 4.13. The topological polar surface area (TPSA) is 48.0 Å². The lowest BCUT2D eigenvalue weighted by Gasteiger charge is -1.87. The van der Waals surface area contributed by atoms with E-state index >= 15 is 0 Å². The van der Waals surface area contributed by atoms with Gasteiger partial charge in [0.05, 0.1) is 17.9 Å². The van der Waals surface area contributed by atoms with Crippen molar-refractivity contribution in [3.8, 4) is 11.1 Å². The van der Waals surface area contributed by atoms with Crippen LogP contribution in [0.1, 0.15) is 0 Å². The Morgan fingerprint density at radius 3 is 2.73 bits per heavy atom. The quantitative estimate of drug-likeness (QED) is 0.590.